The van der Waals surface area contributed by atoms with Crippen molar-refractivity contribution < 1.29 is 14.3 Å². The van der Waals surface area contributed by atoms with Crippen molar-refractivity contribution in [1.82, 2.24) is 4.98 Å². The summed E-state index contributed by atoms with van der Waals surface area (Å²) in [5.41, 5.74) is 1.47. The molecule has 1 amide bonds. The van der Waals surface area contributed by atoms with E-state index in [9.17, 15) is 4.79 Å². The lowest BCUT2D eigenvalue weighted by Crippen LogP contribution is -2.22. The lowest BCUT2D eigenvalue weighted by Gasteiger charge is -2.20. The molecule has 1 aromatic carbocycles. The number of hydrogen-bond donors (Lipinski definition) is 1. The van der Waals surface area contributed by atoms with Crippen molar-refractivity contribution in [3.63, 3.8) is 0 Å². The molecule has 2 rings (SSSR count). The van der Waals surface area contributed by atoms with E-state index in [1.54, 1.807) is 44.7 Å². The van der Waals surface area contributed by atoms with Crippen LogP contribution in [0.1, 0.15) is 24.2 Å². The molecule has 0 aliphatic carbocycles. The monoisotopic (exact) mass is 329 g/mol. The summed E-state index contributed by atoms with van der Waals surface area (Å²) in [5.74, 6) is 1.35. The lowest BCUT2D eigenvalue weighted by atomic mass is 10.2. The van der Waals surface area contributed by atoms with Crippen LogP contribution in [0.15, 0.2) is 36.5 Å². The van der Waals surface area contributed by atoms with Gasteiger partial charge >= 0.3 is 0 Å². The van der Waals surface area contributed by atoms with E-state index in [2.05, 4.69) is 29.0 Å². The lowest BCUT2D eigenvalue weighted by molar-refractivity contribution is 0.102. The number of nitrogens with one attached hydrogen (secondary N) is 1. The molecule has 6 nitrogen and oxygen atoms in total. The Hall–Kier alpha value is -2.76. The van der Waals surface area contributed by atoms with E-state index >= 15 is 0 Å². The molecule has 0 unspecified atom stereocenters. The number of rotatable bonds is 7. The van der Waals surface area contributed by atoms with Crippen LogP contribution in [0.5, 0.6) is 11.5 Å². The van der Waals surface area contributed by atoms with Crippen LogP contribution in [0.4, 0.5) is 11.5 Å². The summed E-state index contributed by atoms with van der Waals surface area (Å²) in [6.45, 7) is 6.01. The summed E-state index contributed by atoms with van der Waals surface area (Å²) in [5, 5.41) is 2.78. The molecule has 24 heavy (non-hydrogen) atoms. The molecule has 0 aliphatic rings. The van der Waals surface area contributed by atoms with Gasteiger partial charge in [0, 0.05) is 24.7 Å². The zero-order chi connectivity index (χ0) is 17.5. The Morgan fingerprint density at radius 1 is 1.08 bits per heavy atom. The number of nitrogens with zero attached hydrogens (tertiary/aromatic N) is 2. The fourth-order valence-corrected chi connectivity index (χ4v) is 2.36. The average molecular weight is 329 g/mol. The predicted molar refractivity (Wildman–Crippen MR) is 95.3 cm³/mol. The standard InChI is InChI=1S/C18H23N3O3/c1-5-21(6-2)14-7-8-17(19-12-14)20-18(22)13-9-15(23-3)11-16(10-13)24-4/h7-12H,5-6H2,1-4H3,(H,19,20,22). The number of hydrogen-bond acceptors (Lipinski definition) is 5. The Kier molecular flexibility index (Phi) is 6.01. The van der Waals surface area contributed by atoms with Gasteiger partial charge in [-0.2, -0.15) is 0 Å². The molecule has 0 bridgehead atoms. The van der Waals surface area contributed by atoms with Crippen molar-refractivity contribution >= 4 is 17.4 Å². The van der Waals surface area contributed by atoms with Gasteiger partial charge in [0.25, 0.3) is 5.91 Å². The third kappa shape index (κ3) is 4.16. The molecular formula is C18H23N3O3. The zero-order valence-electron chi connectivity index (χ0n) is 14.5. The van der Waals surface area contributed by atoms with Gasteiger partial charge in [-0.05, 0) is 38.1 Å². The number of ether oxygens (including phenoxy) is 2. The second-order valence-electron chi connectivity index (χ2n) is 5.13. The van der Waals surface area contributed by atoms with Gasteiger partial charge < -0.3 is 19.7 Å². The number of aromatic nitrogens is 1. The fraction of sp³-hybridized carbons (Fsp3) is 0.333. The zero-order valence-corrected chi connectivity index (χ0v) is 14.5. The summed E-state index contributed by atoms with van der Waals surface area (Å²) in [4.78, 5) is 18.9. The van der Waals surface area contributed by atoms with Crippen molar-refractivity contribution in [3.8, 4) is 11.5 Å². The van der Waals surface area contributed by atoms with Crippen LogP contribution < -0.4 is 19.7 Å². The highest BCUT2D eigenvalue weighted by molar-refractivity contribution is 6.04. The first-order valence-electron chi connectivity index (χ1n) is 7.86. The van der Waals surface area contributed by atoms with E-state index < -0.39 is 0 Å². The number of carbonyl (C=O) groups excluding carboxylic acids is 1. The van der Waals surface area contributed by atoms with Crippen LogP contribution in [0.25, 0.3) is 0 Å². The van der Waals surface area contributed by atoms with Crippen LogP contribution >= 0.6 is 0 Å². The van der Waals surface area contributed by atoms with Gasteiger partial charge in [0.2, 0.25) is 0 Å². The van der Waals surface area contributed by atoms with E-state index in [0.717, 1.165) is 18.8 Å². The molecular weight excluding hydrogens is 306 g/mol. The van der Waals surface area contributed by atoms with Gasteiger partial charge in [-0.3, -0.25) is 4.79 Å². The Balaban J connectivity index is 2.15. The van der Waals surface area contributed by atoms with E-state index in [1.807, 2.05) is 6.07 Å². The van der Waals surface area contributed by atoms with Crippen molar-refractivity contribution in [1.29, 1.82) is 0 Å². The Bertz CT molecular complexity index is 660. The van der Waals surface area contributed by atoms with E-state index in [4.69, 9.17) is 9.47 Å². The fourth-order valence-electron chi connectivity index (χ4n) is 2.36. The summed E-state index contributed by atoms with van der Waals surface area (Å²) in [6.07, 6.45) is 1.76. The second kappa shape index (κ2) is 8.19. The number of carbonyl (C=O) groups is 1. The molecule has 0 saturated carbocycles. The number of pyridine rings is 1. The summed E-state index contributed by atoms with van der Waals surface area (Å²) < 4.78 is 10.4. The topological polar surface area (TPSA) is 63.7 Å². The Morgan fingerprint density at radius 2 is 1.71 bits per heavy atom. The smallest absolute Gasteiger partial charge is 0.257 e. The first kappa shape index (κ1) is 17.6. The molecule has 128 valence electrons. The number of benzene rings is 1. The minimum Gasteiger partial charge on any atom is -0.497 e. The quantitative estimate of drug-likeness (QED) is 0.845. The Morgan fingerprint density at radius 3 is 2.17 bits per heavy atom. The maximum Gasteiger partial charge on any atom is 0.257 e. The number of anilines is 2. The molecule has 2 aromatic rings. The molecule has 0 radical (unpaired) electrons. The van der Waals surface area contributed by atoms with E-state index in [0.29, 0.717) is 22.9 Å². The Labute approximate surface area is 142 Å². The molecule has 1 aromatic heterocycles. The van der Waals surface area contributed by atoms with Gasteiger partial charge in [-0.15, -0.1) is 0 Å². The van der Waals surface area contributed by atoms with Crippen molar-refractivity contribution in [2.45, 2.75) is 13.8 Å². The molecule has 1 N–H and O–H groups in total. The van der Waals surface area contributed by atoms with Crippen LogP contribution in [0.3, 0.4) is 0 Å². The van der Waals surface area contributed by atoms with E-state index in [-0.39, 0.29) is 5.91 Å². The minimum atomic E-state index is -0.268. The first-order valence-corrected chi connectivity index (χ1v) is 7.86. The highest BCUT2D eigenvalue weighted by Crippen LogP contribution is 2.23. The summed E-state index contributed by atoms with van der Waals surface area (Å²) in [6, 6.07) is 8.77. The minimum absolute atomic E-state index is 0.268. The SMILES string of the molecule is CCN(CC)c1ccc(NC(=O)c2cc(OC)cc(OC)c2)nc1. The van der Waals surface area contributed by atoms with Crippen LogP contribution in [-0.2, 0) is 0 Å². The molecule has 0 fully saturated rings. The molecule has 6 heteroatoms. The highest BCUT2D eigenvalue weighted by Gasteiger charge is 2.11. The second-order valence-corrected chi connectivity index (χ2v) is 5.13. The first-order chi connectivity index (χ1) is 11.6. The normalized spacial score (nSPS) is 10.2. The highest BCUT2D eigenvalue weighted by atomic mass is 16.5. The number of amides is 1. The van der Waals surface area contributed by atoms with Gasteiger partial charge in [0.15, 0.2) is 0 Å². The maximum atomic E-state index is 12.4. The summed E-state index contributed by atoms with van der Waals surface area (Å²) >= 11 is 0. The third-order valence-corrected chi connectivity index (χ3v) is 3.73. The molecule has 0 saturated heterocycles. The average Bonchev–Trinajstić information content (AvgIpc) is 2.63. The van der Waals surface area contributed by atoms with Gasteiger partial charge in [0.05, 0.1) is 26.1 Å². The molecule has 0 spiro atoms. The van der Waals surface area contributed by atoms with Crippen molar-refractivity contribution in [2.75, 3.05) is 37.5 Å². The van der Waals surface area contributed by atoms with Crippen LogP contribution in [-0.4, -0.2) is 38.2 Å². The largest absolute Gasteiger partial charge is 0.497 e. The third-order valence-electron chi connectivity index (χ3n) is 3.73. The van der Waals surface area contributed by atoms with Gasteiger partial charge in [-0.1, -0.05) is 0 Å². The van der Waals surface area contributed by atoms with E-state index in [1.165, 1.54) is 0 Å². The van der Waals surface area contributed by atoms with Gasteiger partial charge in [-0.25, -0.2) is 4.98 Å². The van der Waals surface area contributed by atoms with Crippen LogP contribution in [0.2, 0.25) is 0 Å². The maximum absolute atomic E-state index is 12.4. The predicted octanol–water partition coefficient (Wildman–Crippen LogP) is 3.20. The van der Waals surface area contributed by atoms with Crippen molar-refractivity contribution in [2.24, 2.45) is 0 Å². The molecule has 1 heterocycles. The van der Waals surface area contributed by atoms with Crippen LogP contribution in [0, 0.1) is 0 Å². The summed E-state index contributed by atoms with van der Waals surface area (Å²) in [7, 11) is 3.09. The van der Waals surface area contributed by atoms with Gasteiger partial charge in [0.1, 0.15) is 17.3 Å². The molecule has 0 aliphatic heterocycles. The molecule has 0 atom stereocenters. The van der Waals surface area contributed by atoms with Crippen molar-refractivity contribution in [3.05, 3.63) is 42.1 Å². The number of methoxy groups -OCH3 is 2.